The Morgan fingerprint density at radius 1 is 0.304 bits per heavy atom. The van der Waals surface area contributed by atoms with Crippen LogP contribution in [0.5, 0.6) is 0 Å². The first-order valence-corrected chi connectivity index (χ1v) is 32.3. The van der Waals surface area contributed by atoms with E-state index >= 15 is 0 Å². The number of aromatic nitrogens is 14. The average molecular weight is 1320 g/mol. The molecule has 0 aliphatic carbocycles. The lowest BCUT2D eigenvalue weighted by atomic mass is 10.1. The predicted octanol–water partition coefficient (Wildman–Crippen LogP) is 14.0. The Kier molecular flexibility index (Phi) is 42.7. The van der Waals surface area contributed by atoms with E-state index in [9.17, 15) is 0 Å². The minimum Gasteiger partial charge on any atom is -0.380 e. The quantitative estimate of drug-likeness (QED) is 0.0540. The first kappa shape index (κ1) is 83.9. The molecule has 510 valence electrons. The summed E-state index contributed by atoms with van der Waals surface area (Å²) >= 11 is 11.5. The lowest BCUT2D eigenvalue weighted by Gasteiger charge is -2.13. The molecule has 21 nitrogen and oxygen atoms in total. The third-order valence-corrected chi connectivity index (χ3v) is 14.2. The fraction of sp³-hybridized carbons (Fsp3) is 0.594. The molecule has 7 aromatic rings. The van der Waals surface area contributed by atoms with Gasteiger partial charge in [-0.3, -0.25) is 9.97 Å². The molecule has 0 atom stereocenters. The van der Waals surface area contributed by atoms with Crippen molar-refractivity contribution in [1.29, 1.82) is 0 Å². The molecule has 7 heterocycles. The van der Waals surface area contributed by atoms with Crippen molar-refractivity contribution in [3.8, 4) is 0 Å². The van der Waals surface area contributed by atoms with E-state index in [0.29, 0.717) is 68.7 Å². The van der Waals surface area contributed by atoms with Crippen LogP contribution in [-0.2, 0) is 124 Å². The van der Waals surface area contributed by atoms with Crippen LogP contribution in [0.4, 0.5) is 0 Å². The maximum absolute atomic E-state index is 5.74. The van der Waals surface area contributed by atoms with Gasteiger partial charge in [-0.05, 0) is 128 Å². The summed E-state index contributed by atoms with van der Waals surface area (Å²) < 4.78 is 35.6. The molecule has 92 heavy (non-hydrogen) atoms. The Labute approximate surface area is 560 Å². The van der Waals surface area contributed by atoms with Gasteiger partial charge in [-0.2, -0.15) is 0 Å². The molecule has 0 fully saturated rings. The van der Waals surface area contributed by atoms with E-state index in [0.717, 1.165) is 165 Å². The van der Waals surface area contributed by atoms with Crippen LogP contribution in [0.2, 0.25) is 10.6 Å². The molecule has 0 N–H and O–H groups in total. The van der Waals surface area contributed by atoms with Crippen LogP contribution in [0, 0.1) is 48.5 Å². The van der Waals surface area contributed by atoms with Gasteiger partial charge in [0.05, 0.1) is 86.1 Å². The summed E-state index contributed by atoms with van der Waals surface area (Å²) in [6, 6.07) is 0. The molecule has 0 saturated heterocycles. The molecular formula is C69H108Cl2N14O7. The zero-order chi connectivity index (χ0) is 69.5. The van der Waals surface area contributed by atoms with Gasteiger partial charge < -0.3 is 33.2 Å². The monoisotopic (exact) mass is 1310 g/mol. The SMILES string of the molecule is CCc1cnc(C)nc1COC.CCc1cnc(C)nc1COC.CCc1nc(C(C)C)nc(C)c1COC.CCc1nc(C(C)C)nc(C)c1COC.CCc1nc(Cl)nc(C)c1COC.CCc1nc(Cl)nc(C)c1COC.CCc1ncc(C)nc1COC. The fourth-order valence-corrected chi connectivity index (χ4v) is 9.36. The fourth-order valence-electron chi connectivity index (χ4n) is 8.91. The maximum Gasteiger partial charge on any atom is 0.222 e. The Morgan fingerprint density at radius 3 is 0.880 bits per heavy atom. The van der Waals surface area contributed by atoms with Gasteiger partial charge >= 0.3 is 0 Å². The highest BCUT2D eigenvalue weighted by Crippen LogP contribution is 2.20. The summed E-state index contributed by atoms with van der Waals surface area (Å²) in [5, 5.41) is 0.628. The van der Waals surface area contributed by atoms with Crippen LogP contribution in [-0.4, -0.2) is 120 Å². The first-order valence-electron chi connectivity index (χ1n) is 31.5. The molecule has 0 spiro atoms. The number of nitrogens with zero attached hydrogens (tertiary/aromatic N) is 14. The number of aryl methyl sites for hydroxylation is 14. The standard InChI is InChI=1S/2C12H20N2O.2C9H13ClN2O.3C9H14N2O/c2*1-6-11-10(7-15-5)9(4)13-12(14-11)8(2)3;2*1-4-8-7(5-13-3)6(2)11-9(10)12-8;2*1-4-8-5-10-7(2)11-9(8)6-12-3;1-4-8-9(6-12-3)11-7(2)5-10-8/h2*8H,6-7H2,1-5H3;2*4-5H2,1-3H3;3*5H,4,6H2,1-3H3. The van der Waals surface area contributed by atoms with Gasteiger partial charge in [0.15, 0.2) is 0 Å². The Morgan fingerprint density at radius 2 is 0.598 bits per heavy atom. The van der Waals surface area contributed by atoms with Gasteiger partial charge in [0.25, 0.3) is 0 Å². The van der Waals surface area contributed by atoms with Gasteiger partial charge in [0.2, 0.25) is 10.6 Å². The van der Waals surface area contributed by atoms with Gasteiger partial charge in [-0.25, -0.2) is 59.8 Å². The van der Waals surface area contributed by atoms with E-state index < -0.39 is 0 Å². The van der Waals surface area contributed by atoms with Crippen LogP contribution in [0.3, 0.4) is 0 Å². The molecule has 0 bridgehead atoms. The highest BCUT2D eigenvalue weighted by molar-refractivity contribution is 6.28. The third kappa shape index (κ3) is 29.4. The third-order valence-electron chi connectivity index (χ3n) is 13.8. The molecule has 0 aromatic carbocycles. The molecular weight excluding hydrogens is 1210 g/mol. The van der Waals surface area contributed by atoms with E-state index in [-0.39, 0.29) is 0 Å². The molecule has 0 aliphatic rings. The second-order valence-corrected chi connectivity index (χ2v) is 22.4. The average Bonchev–Trinajstić information content (AvgIpc) is 1.10. The van der Waals surface area contributed by atoms with Crippen molar-refractivity contribution in [1.82, 2.24) is 69.8 Å². The smallest absolute Gasteiger partial charge is 0.222 e. The lowest BCUT2D eigenvalue weighted by Crippen LogP contribution is -2.09. The number of halogens is 2. The number of ether oxygens (including phenoxy) is 7. The van der Waals surface area contributed by atoms with Gasteiger partial charge in [-0.1, -0.05) is 76.2 Å². The normalized spacial score (nSPS) is 10.6. The highest BCUT2D eigenvalue weighted by Gasteiger charge is 2.15. The number of methoxy groups -OCH3 is 7. The van der Waals surface area contributed by atoms with Crippen LogP contribution >= 0.6 is 23.2 Å². The topological polar surface area (TPSA) is 245 Å². The Balaban J connectivity index is 0.000000538. The van der Waals surface area contributed by atoms with Crippen molar-refractivity contribution in [3.05, 3.63) is 160 Å². The summed E-state index contributed by atoms with van der Waals surface area (Å²) in [7, 11) is 11.8. The maximum atomic E-state index is 5.74. The summed E-state index contributed by atoms with van der Waals surface area (Å²) in [6.45, 7) is 40.6. The van der Waals surface area contributed by atoms with E-state index in [1.807, 2.05) is 74.7 Å². The Bertz CT molecular complexity index is 2990. The molecule has 0 saturated carbocycles. The molecule has 0 unspecified atom stereocenters. The minimum atomic E-state index is 0.314. The van der Waals surface area contributed by atoms with Crippen LogP contribution in [0.1, 0.15) is 219 Å². The van der Waals surface area contributed by atoms with E-state index in [1.165, 1.54) is 11.1 Å². The Hall–Kier alpha value is -6.14. The highest BCUT2D eigenvalue weighted by atomic mass is 35.5. The van der Waals surface area contributed by atoms with Crippen LogP contribution < -0.4 is 0 Å². The first-order chi connectivity index (χ1) is 43.9. The van der Waals surface area contributed by atoms with Crippen molar-refractivity contribution < 1.29 is 33.2 Å². The molecule has 0 radical (unpaired) electrons. The van der Waals surface area contributed by atoms with Crippen molar-refractivity contribution in [2.45, 2.75) is 228 Å². The van der Waals surface area contributed by atoms with Crippen LogP contribution in [0.15, 0.2) is 18.6 Å². The summed E-state index contributed by atoms with van der Waals surface area (Å²) in [6.07, 6.45) is 11.9. The van der Waals surface area contributed by atoms with Gasteiger partial charge in [0, 0.05) is 137 Å². The van der Waals surface area contributed by atoms with Crippen LogP contribution in [0.25, 0.3) is 0 Å². The van der Waals surface area contributed by atoms with E-state index in [1.54, 1.807) is 56.0 Å². The van der Waals surface area contributed by atoms with E-state index in [4.69, 9.17) is 56.4 Å². The zero-order valence-electron chi connectivity index (χ0n) is 60.2. The lowest BCUT2D eigenvalue weighted by molar-refractivity contribution is 0.180. The van der Waals surface area contributed by atoms with Gasteiger partial charge in [-0.15, -0.1) is 0 Å². The van der Waals surface area contributed by atoms with Crippen molar-refractivity contribution in [2.24, 2.45) is 0 Å². The minimum absolute atomic E-state index is 0.314. The second kappa shape index (κ2) is 46.9. The van der Waals surface area contributed by atoms with Crippen molar-refractivity contribution in [2.75, 3.05) is 49.8 Å². The molecule has 7 aromatic heterocycles. The second-order valence-electron chi connectivity index (χ2n) is 21.7. The zero-order valence-corrected chi connectivity index (χ0v) is 61.7. The van der Waals surface area contributed by atoms with Crippen molar-refractivity contribution >= 4 is 23.2 Å². The molecule has 0 amide bonds. The summed E-state index contributed by atoms with van der Waals surface area (Å²) in [5.41, 5.74) is 19.8. The predicted molar refractivity (Wildman–Crippen MR) is 366 cm³/mol. The molecule has 0 aliphatic heterocycles. The summed E-state index contributed by atoms with van der Waals surface area (Å²) in [4.78, 5) is 60.1. The molecule has 23 heteroatoms. The summed E-state index contributed by atoms with van der Waals surface area (Å²) in [5.74, 6) is 4.24. The van der Waals surface area contributed by atoms with Gasteiger partial charge in [0.1, 0.15) is 23.3 Å². The number of hydrogen-bond acceptors (Lipinski definition) is 21. The van der Waals surface area contributed by atoms with Crippen molar-refractivity contribution in [3.63, 3.8) is 0 Å². The number of hydrogen-bond donors (Lipinski definition) is 0. The molecule has 7 rings (SSSR count). The van der Waals surface area contributed by atoms with E-state index in [2.05, 4.69) is 132 Å². The largest absolute Gasteiger partial charge is 0.380 e. The number of rotatable bonds is 23.